The third kappa shape index (κ3) is 5.71. The molecule has 12 nitrogen and oxygen atoms in total. The van der Waals surface area contributed by atoms with Crippen LogP contribution in [0.15, 0.2) is 36.4 Å². The van der Waals surface area contributed by atoms with Crippen molar-refractivity contribution in [3.63, 3.8) is 0 Å². The number of carbonyl (C=O) groups excluding carboxylic acids is 2. The first-order valence-corrected chi connectivity index (χ1v) is 12.3. The van der Waals surface area contributed by atoms with E-state index in [2.05, 4.69) is 0 Å². The van der Waals surface area contributed by atoms with E-state index in [0.717, 1.165) is 0 Å². The van der Waals surface area contributed by atoms with E-state index >= 15 is 0 Å². The van der Waals surface area contributed by atoms with Gasteiger partial charge in [-0.05, 0) is 64.1 Å². The minimum atomic E-state index is -1.13. The van der Waals surface area contributed by atoms with Gasteiger partial charge in [0.1, 0.15) is 47.0 Å². The Morgan fingerprint density at radius 3 is 1.35 bits per heavy atom. The van der Waals surface area contributed by atoms with Crippen LogP contribution in [0, 0.1) is 22.7 Å². The summed E-state index contributed by atoms with van der Waals surface area (Å²) in [5.74, 6) is -0.325. The molecule has 40 heavy (non-hydrogen) atoms. The van der Waals surface area contributed by atoms with Crippen LogP contribution in [0.3, 0.4) is 0 Å². The number of nitrogens with zero attached hydrogens (tertiary/aromatic N) is 4. The summed E-state index contributed by atoms with van der Waals surface area (Å²) in [7, 11) is 0. The molecule has 0 aliphatic carbocycles. The molecule has 2 aliphatic heterocycles. The maximum absolute atomic E-state index is 11.4. The highest BCUT2D eigenvalue weighted by Gasteiger charge is 2.47. The number of aliphatic hydroxyl groups is 2. The van der Waals surface area contributed by atoms with Gasteiger partial charge in [0.25, 0.3) is 0 Å². The molecule has 2 aromatic carbocycles. The molecule has 0 saturated heterocycles. The molecule has 2 heterocycles. The molecule has 0 bridgehead atoms. The summed E-state index contributed by atoms with van der Waals surface area (Å²) >= 11 is 0. The van der Waals surface area contributed by atoms with Crippen LogP contribution in [-0.4, -0.2) is 66.0 Å². The molecule has 212 valence electrons. The summed E-state index contributed by atoms with van der Waals surface area (Å²) in [6, 6.07) is 11.4. The number of nitriles is 2. The van der Waals surface area contributed by atoms with Gasteiger partial charge in [-0.2, -0.15) is 10.5 Å². The molecule has 2 amide bonds. The standard InChI is InChI=1S/2C14H16N2O4/c2*1-8(17)16(19)12-10-6-9(7-15)4-5-11(10)20-14(2,3)13(12)18/h2*4-6,12-13,18-19H,1-3H3/t2*12-,13+/m11/s1. The van der Waals surface area contributed by atoms with E-state index in [1.807, 2.05) is 12.1 Å². The van der Waals surface area contributed by atoms with Crippen LogP contribution >= 0.6 is 0 Å². The molecular weight excluding hydrogens is 520 g/mol. The van der Waals surface area contributed by atoms with Gasteiger partial charge >= 0.3 is 0 Å². The number of rotatable bonds is 2. The van der Waals surface area contributed by atoms with Crippen molar-refractivity contribution in [3.8, 4) is 23.6 Å². The summed E-state index contributed by atoms with van der Waals surface area (Å²) in [4.78, 5) is 22.8. The first kappa shape index (κ1) is 30.3. The van der Waals surface area contributed by atoms with Crippen LogP contribution in [0.4, 0.5) is 0 Å². The average molecular weight is 553 g/mol. The lowest BCUT2D eigenvalue weighted by molar-refractivity contribution is -0.201. The molecule has 0 spiro atoms. The summed E-state index contributed by atoms with van der Waals surface area (Å²) < 4.78 is 11.4. The number of hydrogen-bond acceptors (Lipinski definition) is 10. The van der Waals surface area contributed by atoms with Gasteiger partial charge in [0.2, 0.25) is 11.8 Å². The Labute approximate surface area is 231 Å². The Bertz CT molecular complexity index is 1290. The van der Waals surface area contributed by atoms with Crippen molar-refractivity contribution in [1.29, 1.82) is 10.5 Å². The van der Waals surface area contributed by atoms with Crippen molar-refractivity contribution in [1.82, 2.24) is 10.1 Å². The van der Waals surface area contributed by atoms with Crippen LogP contribution in [0.5, 0.6) is 11.5 Å². The zero-order valence-corrected chi connectivity index (χ0v) is 23.0. The number of hydroxylamine groups is 4. The van der Waals surface area contributed by atoms with Crippen LogP contribution < -0.4 is 9.47 Å². The minimum Gasteiger partial charge on any atom is -0.485 e. The Balaban J connectivity index is 0.000000220. The van der Waals surface area contributed by atoms with Crippen molar-refractivity contribution in [2.75, 3.05) is 0 Å². The van der Waals surface area contributed by atoms with Crippen LogP contribution in [-0.2, 0) is 9.59 Å². The fourth-order valence-corrected chi connectivity index (χ4v) is 4.59. The fourth-order valence-electron chi connectivity index (χ4n) is 4.59. The van der Waals surface area contributed by atoms with Gasteiger partial charge in [0, 0.05) is 25.0 Å². The summed E-state index contributed by atoms with van der Waals surface area (Å²) in [6.45, 7) is 9.06. The number of ether oxygens (including phenoxy) is 2. The third-order valence-corrected chi connectivity index (χ3v) is 6.86. The van der Waals surface area contributed by atoms with E-state index in [-0.39, 0.29) is 0 Å². The first-order chi connectivity index (χ1) is 18.5. The molecule has 2 aromatic rings. The molecule has 4 rings (SSSR count). The quantitative estimate of drug-likeness (QED) is 0.319. The Morgan fingerprint density at radius 1 is 0.750 bits per heavy atom. The minimum absolute atomic E-state index is 0.362. The molecule has 2 aliphatic rings. The molecule has 0 unspecified atom stereocenters. The van der Waals surface area contributed by atoms with Gasteiger partial charge < -0.3 is 19.7 Å². The van der Waals surface area contributed by atoms with Gasteiger partial charge in [0.15, 0.2) is 0 Å². The van der Waals surface area contributed by atoms with Crippen molar-refractivity contribution in [2.45, 2.75) is 77.0 Å². The van der Waals surface area contributed by atoms with E-state index in [0.29, 0.717) is 43.9 Å². The zero-order chi connectivity index (χ0) is 30.2. The van der Waals surface area contributed by atoms with E-state index in [4.69, 9.17) is 20.0 Å². The Hall–Kier alpha value is -4.20. The topological polar surface area (TPSA) is 188 Å². The SMILES string of the molecule is CC(=O)N(O)[C@@H]1c2cc(C#N)ccc2OC(C)(C)[C@H]1O.CC(=O)N(O)[C@@H]1c2cc(C#N)ccc2OC(C)(C)[C@H]1O. The lowest BCUT2D eigenvalue weighted by Crippen LogP contribution is -2.53. The number of carbonyl (C=O) groups is 2. The largest absolute Gasteiger partial charge is 0.485 e. The molecule has 4 N–H and O–H groups in total. The molecule has 0 saturated carbocycles. The highest BCUT2D eigenvalue weighted by atomic mass is 16.5. The molecule has 4 atom stereocenters. The number of benzene rings is 2. The Morgan fingerprint density at radius 2 is 1.07 bits per heavy atom. The number of hydrogen-bond donors (Lipinski definition) is 4. The van der Waals surface area contributed by atoms with E-state index in [1.54, 1.807) is 52.0 Å². The smallest absolute Gasteiger partial charge is 0.243 e. The van der Waals surface area contributed by atoms with Crippen molar-refractivity contribution in [3.05, 3.63) is 58.7 Å². The molecular formula is C28H32N4O8. The zero-order valence-electron chi connectivity index (χ0n) is 23.0. The summed E-state index contributed by atoms with van der Waals surface area (Å²) in [5, 5.41) is 59.5. The van der Waals surface area contributed by atoms with E-state index in [9.17, 15) is 30.2 Å². The van der Waals surface area contributed by atoms with Crippen molar-refractivity contribution < 1.29 is 39.7 Å². The van der Waals surface area contributed by atoms with Gasteiger partial charge in [0.05, 0.1) is 23.3 Å². The van der Waals surface area contributed by atoms with Gasteiger partial charge in [-0.3, -0.25) is 20.0 Å². The highest BCUT2D eigenvalue weighted by molar-refractivity contribution is 5.73. The maximum Gasteiger partial charge on any atom is 0.243 e. The van der Waals surface area contributed by atoms with Gasteiger partial charge in [-0.1, -0.05) is 0 Å². The average Bonchev–Trinajstić information content (AvgIpc) is 2.89. The van der Waals surface area contributed by atoms with Crippen LogP contribution in [0.25, 0.3) is 0 Å². The third-order valence-electron chi connectivity index (χ3n) is 6.86. The predicted molar refractivity (Wildman–Crippen MR) is 138 cm³/mol. The number of aliphatic hydroxyl groups excluding tert-OH is 2. The second-order valence-electron chi connectivity index (χ2n) is 10.6. The van der Waals surface area contributed by atoms with Crippen LogP contribution in [0.2, 0.25) is 0 Å². The van der Waals surface area contributed by atoms with E-state index < -0.39 is 47.3 Å². The summed E-state index contributed by atoms with van der Waals surface area (Å²) in [6.07, 6.45) is -2.25. The van der Waals surface area contributed by atoms with E-state index in [1.165, 1.54) is 26.0 Å². The normalized spacial score (nSPS) is 23.2. The van der Waals surface area contributed by atoms with Gasteiger partial charge in [-0.25, -0.2) is 10.1 Å². The summed E-state index contributed by atoms with van der Waals surface area (Å²) in [5.41, 5.74) is -0.394. The Kier molecular flexibility index (Phi) is 8.43. The lowest BCUT2D eigenvalue weighted by Gasteiger charge is -2.44. The van der Waals surface area contributed by atoms with Gasteiger partial charge in [-0.15, -0.1) is 0 Å². The molecule has 12 heteroatoms. The first-order valence-electron chi connectivity index (χ1n) is 12.3. The predicted octanol–water partition coefficient (Wildman–Crippen LogP) is 2.74. The number of amides is 2. The van der Waals surface area contributed by atoms with Crippen molar-refractivity contribution >= 4 is 11.8 Å². The second-order valence-corrected chi connectivity index (χ2v) is 10.6. The van der Waals surface area contributed by atoms with Crippen LogP contribution in [0.1, 0.15) is 75.9 Å². The fraction of sp³-hybridized carbons (Fsp3) is 0.429. The maximum atomic E-state index is 11.4. The molecule has 0 aromatic heterocycles. The molecule has 0 radical (unpaired) electrons. The highest BCUT2D eigenvalue weighted by Crippen LogP contribution is 2.44. The van der Waals surface area contributed by atoms with Crippen molar-refractivity contribution in [2.24, 2.45) is 0 Å². The second kappa shape index (κ2) is 11.1. The lowest BCUT2D eigenvalue weighted by atomic mass is 9.85. The number of fused-ring (bicyclic) bond motifs is 2. The molecule has 0 fully saturated rings. The monoisotopic (exact) mass is 552 g/mol.